The fourth-order valence-electron chi connectivity index (χ4n) is 3.04. The van der Waals surface area contributed by atoms with Crippen LogP contribution in [0.4, 0.5) is 0 Å². The summed E-state index contributed by atoms with van der Waals surface area (Å²) in [6.07, 6.45) is 8.89. The van der Waals surface area contributed by atoms with Crippen molar-refractivity contribution in [3.05, 3.63) is 0 Å². The normalized spacial score (nSPS) is 17.7. The van der Waals surface area contributed by atoms with Gasteiger partial charge in [-0.05, 0) is 26.2 Å². The molecule has 1 aliphatic rings. The van der Waals surface area contributed by atoms with Gasteiger partial charge in [-0.1, -0.05) is 39.0 Å². The molecule has 23 heavy (non-hydrogen) atoms. The Hall–Kier alpha value is -0.810. The van der Waals surface area contributed by atoms with E-state index in [0.717, 1.165) is 44.9 Å². The highest BCUT2D eigenvalue weighted by Gasteiger charge is 2.23. The van der Waals surface area contributed by atoms with Gasteiger partial charge in [0.05, 0.1) is 0 Å². The topological polar surface area (TPSA) is 84.2 Å². The van der Waals surface area contributed by atoms with Crippen molar-refractivity contribution in [1.82, 2.24) is 10.6 Å². The summed E-state index contributed by atoms with van der Waals surface area (Å²) in [6, 6.07) is -0.0762. The lowest BCUT2D eigenvalue weighted by Crippen LogP contribution is -2.44. The minimum absolute atomic E-state index is 0. The predicted octanol–water partition coefficient (Wildman–Crippen LogP) is 2.52. The van der Waals surface area contributed by atoms with Crippen LogP contribution in [0, 0.1) is 5.92 Å². The molecule has 0 aromatic heterocycles. The van der Waals surface area contributed by atoms with Crippen molar-refractivity contribution in [2.75, 3.05) is 6.54 Å². The second-order valence-electron chi connectivity index (χ2n) is 6.59. The first-order valence-electron chi connectivity index (χ1n) is 8.86. The summed E-state index contributed by atoms with van der Waals surface area (Å²) in [5, 5.41) is 5.95. The number of halogens is 1. The maximum atomic E-state index is 12.1. The van der Waals surface area contributed by atoms with Crippen LogP contribution in [-0.2, 0) is 9.59 Å². The maximum absolute atomic E-state index is 12.1. The molecular formula is C17H34ClN3O2. The quantitative estimate of drug-likeness (QED) is 0.599. The highest BCUT2D eigenvalue weighted by molar-refractivity contribution is 5.85. The Morgan fingerprint density at radius 2 is 1.83 bits per heavy atom. The van der Waals surface area contributed by atoms with Crippen molar-refractivity contribution in [2.45, 2.75) is 83.7 Å². The Bertz CT molecular complexity index is 347. The van der Waals surface area contributed by atoms with Crippen LogP contribution in [0.15, 0.2) is 0 Å². The van der Waals surface area contributed by atoms with Gasteiger partial charge in [-0.25, -0.2) is 0 Å². The smallest absolute Gasteiger partial charge is 0.223 e. The molecule has 0 radical (unpaired) electrons. The third-order valence-electron chi connectivity index (χ3n) is 4.41. The second kappa shape index (κ2) is 12.6. The van der Waals surface area contributed by atoms with E-state index in [1.807, 2.05) is 6.92 Å². The zero-order valence-corrected chi connectivity index (χ0v) is 15.4. The van der Waals surface area contributed by atoms with E-state index in [1.165, 1.54) is 6.42 Å². The Labute approximate surface area is 146 Å². The summed E-state index contributed by atoms with van der Waals surface area (Å²) in [6.45, 7) is 4.48. The molecule has 0 aromatic carbocycles. The highest BCUT2D eigenvalue weighted by atomic mass is 35.5. The predicted molar refractivity (Wildman–Crippen MR) is 96.6 cm³/mol. The van der Waals surface area contributed by atoms with E-state index in [4.69, 9.17) is 5.73 Å². The molecule has 1 aliphatic carbocycles. The van der Waals surface area contributed by atoms with Gasteiger partial charge in [-0.15, -0.1) is 12.4 Å². The van der Waals surface area contributed by atoms with Crippen LogP contribution in [0.25, 0.3) is 0 Å². The summed E-state index contributed by atoms with van der Waals surface area (Å²) < 4.78 is 0. The first-order valence-corrected chi connectivity index (χ1v) is 8.86. The molecule has 1 saturated carbocycles. The molecule has 1 fully saturated rings. The van der Waals surface area contributed by atoms with Gasteiger partial charge < -0.3 is 16.4 Å². The molecule has 4 N–H and O–H groups in total. The van der Waals surface area contributed by atoms with Gasteiger partial charge in [-0.2, -0.15) is 0 Å². The van der Waals surface area contributed by atoms with Crippen LogP contribution in [0.5, 0.6) is 0 Å². The van der Waals surface area contributed by atoms with E-state index in [9.17, 15) is 9.59 Å². The monoisotopic (exact) mass is 347 g/mol. The molecule has 0 bridgehead atoms. The lowest BCUT2D eigenvalue weighted by Gasteiger charge is -2.23. The molecule has 2 unspecified atom stereocenters. The van der Waals surface area contributed by atoms with Crippen LogP contribution in [-0.4, -0.2) is 30.4 Å². The van der Waals surface area contributed by atoms with E-state index < -0.39 is 0 Å². The molecule has 136 valence electrons. The van der Waals surface area contributed by atoms with Gasteiger partial charge in [0.15, 0.2) is 0 Å². The fraction of sp³-hybridized carbons (Fsp3) is 0.882. The lowest BCUT2D eigenvalue weighted by molar-refractivity contribution is -0.127. The van der Waals surface area contributed by atoms with Crippen LogP contribution in [0.3, 0.4) is 0 Å². The third kappa shape index (κ3) is 9.16. The molecule has 0 saturated heterocycles. The van der Waals surface area contributed by atoms with Crippen molar-refractivity contribution in [3.63, 3.8) is 0 Å². The Morgan fingerprint density at radius 3 is 2.39 bits per heavy atom. The van der Waals surface area contributed by atoms with Gasteiger partial charge in [0.2, 0.25) is 11.8 Å². The zero-order valence-electron chi connectivity index (χ0n) is 14.6. The maximum Gasteiger partial charge on any atom is 0.223 e. The van der Waals surface area contributed by atoms with Crippen LogP contribution >= 0.6 is 12.4 Å². The number of hydrogen-bond donors (Lipinski definition) is 3. The number of carbonyl (C=O) groups excluding carboxylic acids is 2. The number of rotatable bonds is 9. The van der Waals surface area contributed by atoms with Crippen molar-refractivity contribution in [2.24, 2.45) is 11.7 Å². The number of nitrogens with two attached hydrogens (primary N) is 1. The molecule has 0 aromatic rings. The Balaban J connectivity index is 0.00000484. The summed E-state index contributed by atoms with van der Waals surface area (Å²) in [5.74, 6) is 0.227. The van der Waals surface area contributed by atoms with Crippen molar-refractivity contribution in [3.8, 4) is 0 Å². The summed E-state index contributed by atoms with van der Waals surface area (Å²) in [5.41, 5.74) is 5.69. The first kappa shape index (κ1) is 22.2. The van der Waals surface area contributed by atoms with E-state index in [-0.39, 0.29) is 42.2 Å². The number of hydrogen-bond acceptors (Lipinski definition) is 3. The zero-order chi connectivity index (χ0) is 16.4. The highest BCUT2D eigenvalue weighted by Crippen LogP contribution is 2.23. The van der Waals surface area contributed by atoms with Crippen LogP contribution < -0.4 is 16.4 Å². The second-order valence-corrected chi connectivity index (χ2v) is 6.59. The summed E-state index contributed by atoms with van der Waals surface area (Å²) >= 11 is 0. The van der Waals surface area contributed by atoms with E-state index in [1.54, 1.807) is 0 Å². The third-order valence-corrected chi connectivity index (χ3v) is 4.41. The standard InChI is InChI=1S/C17H33N3O2.ClH/c1-3-4-10-15(12-18)20-16(21)11-13(2)19-17(22)14-8-6-5-7-9-14;/h13-15H,3-12,18H2,1-2H3,(H,19,22)(H,20,21);1H. The summed E-state index contributed by atoms with van der Waals surface area (Å²) in [7, 11) is 0. The number of unbranched alkanes of at least 4 members (excludes halogenated alkanes) is 1. The van der Waals surface area contributed by atoms with E-state index in [0.29, 0.717) is 13.0 Å². The van der Waals surface area contributed by atoms with E-state index >= 15 is 0 Å². The molecule has 0 heterocycles. The average molecular weight is 348 g/mol. The van der Waals surface area contributed by atoms with Gasteiger partial charge in [0.1, 0.15) is 0 Å². The number of amides is 2. The average Bonchev–Trinajstić information content (AvgIpc) is 2.51. The largest absolute Gasteiger partial charge is 0.353 e. The number of nitrogens with one attached hydrogen (secondary N) is 2. The van der Waals surface area contributed by atoms with Crippen molar-refractivity contribution in [1.29, 1.82) is 0 Å². The minimum atomic E-state index is -0.126. The first-order chi connectivity index (χ1) is 10.6. The molecule has 5 nitrogen and oxygen atoms in total. The Kier molecular flexibility index (Phi) is 12.1. The molecule has 0 spiro atoms. The lowest BCUT2D eigenvalue weighted by atomic mass is 9.88. The molecule has 2 amide bonds. The van der Waals surface area contributed by atoms with Crippen molar-refractivity contribution >= 4 is 24.2 Å². The van der Waals surface area contributed by atoms with Gasteiger partial charge in [-0.3, -0.25) is 9.59 Å². The molecule has 0 aliphatic heterocycles. The Morgan fingerprint density at radius 1 is 1.17 bits per heavy atom. The number of carbonyl (C=O) groups is 2. The molecule has 2 atom stereocenters. The molecule has 6 heteroatoms. The van der Waals surface area contributed by atoms with Gasteiger partial charge in [0, 0.05) is 31.0 Å². The SMILES string of the molecule is CCCCC(CN)NC(=O)CC(C)NC(=O)C1CCCCC1.Cl. The van der Waals surface area contributed by atoms with Gasteiger partial charge in [0.25, 0.3) is 0 Å². The van der Waals surface area contributed by atoms with E-state index in [2.05, 4.69) is 17.6 Å². The summed E-state index contributed by atoms with van der Waals surface area (Å²) in [4.78, 5) is 24.2. The van der Waals surface area contributed by atoms with Crippen LogP contribution in [0.1, 0.15) is 71.6 Å². The van der Waals surface area contributed by atoms with Crippen LogP contribution in [0.2, 0.25) is 0 Å². The minimum Gasteiger partial charge on any atom is -0.353 e. The van der Waals surface area contributed by atoms with Gasteiger partial charge >= 0.3 is 0 Å². The molecule has 1 rings (SSSR count). The van der Waals surface area contributed by atoms with Crippen molar-refractivity contribution < 1.29 is 9.59 Å². The fourth-order valence-corrected chi connectivity index (χ4v) is 3.04. The molecular weight excluding hydrogens is 314 g/mol.